The van der Waals surface area contributed by atoms with Gasteiger partial charge >= 0.3 is 0 Å². The number of rotatable bonds is 4. The van der Waals surface area contributed by atoms with E-state index in [9.17, 15) is 4.79 Å². The number of thiophene rings is 1. The molecule has 1 atom stereocenters. The monoisotopic (exact) mass is 473 g/mol. The van der Waals surface area contributed by atoms with E-state index in [1.165, 1.54) is 11.1 Å². The third-order valence-corrected chi connectivity index (χ3v) is 7.79. The molecule has 2 aliphatic rings. The Morgan fingerprint density at radius 3 is 2.71 bits per heavy atom. The van der Waals surface area contributed by atoms with Crippen LogP contribution >= 0.6 is 11.3 Å². The molecule has 1 saturated heterocycles. The van der Waals surface area contributed by atoms with Crippen LogP contribution in [0.25, 0.3) is 21.3 Å². The van der Waals surface area contributed by atoms with Crippen molar-refractivity contribution < 1.29 is 9.47 Å². The van der Waals surface area contributed by atoms with Gasteiger partial charge in [0.25, 0.3) is 5.56 Å². The normalized spacial score (nSPS) is 18.0. The van der Waals surface area contributed by atoms with E-state index in [0.717, 1.165) is 57.5 Å². The van der Waals surface area contributed by atoms with Crippen LogP contribution in [-0.2, 0) is 6.54 Å². The molecule has 4 aromatic rings. The molecule has 1 unspecified atom stereocenters. The molecule has 1 fully saturated rings. The lowest BCUT2D eigenvalue weighted by molar-refractivity contribution is 0.170. The van der Waals surface area contributed by atoms with Gasteiger partial charge in [-0.25, -0.2) is 4.98 Å². The molecule has 34 heavy (non-hydrogen) atoms. The van der Waals surface area contributed by atoms with Crippen molar-refractivity contribution in [2.24, 2.45) is 0 Å². The standard InChI is InChI=1S/C27H27N3O3S/c1-16-5-7-18(8-6-16)24-17(2)34-27-25(24)26(31)28-23(29-27)15-30-11-3-4-20(30)19-9-10-21-22(14-19)33-13-12-32-21/h5-10,14,20H,3-4,11-13,15H2,1-2H3,(H,28,29,31). The molecule has 0 aliphatic carbocycles. The Kier molecular flexibility index (Phi) is 5.38. The summed E-state index contributed by atoms with van der Waals surface area (Å²) in [5.41, 5.74) is 4.42. The van der Waals surface area contributed by atoms with E-state index >= 15 is 0 Å². The third kappa shape index (κ3) is 3.79. The fourth-order valence-electron chi connectivity index (χ4n) is 5.16. The predicted molar refractivity (Wildman–Crippen MR) is 135 cm³/mol. The molecule has 1 N–H and O–H groups in total. The molecule has 0 saturated carbocycles. The molecule has 2 aliphatic heterocycles. The molecule has 0 amide bonds. The zero-order valence-electron chi connectivity index (χ0n) is 19.4. The second-order valence-corrected chi connectivity index (χ2v) is 10.3. The van der Waals surface area contributed by atoms with Crippen molar-refractivity contribution in [1.29, 1.82) is 0 Å². The highest BCUT2D eigenvalue weighted by Crippen LogP contribution is 2.39. The van der Waals surface area contributed by atoms with Gasteiger partial charge in [-0.1, -0.05) is 35.9 Å². The summed E-state index contributed by atoms with van der Waals surface area (Å²) in [6.07, 6.45) is 2.18. The Bertz CT molecular complexity index is 1420. The smallest absolute Gasteiger partial charge is 0.260 e. The maximum absolute atomic E-state index is 13.2. The van der Waals surface area contributed by atoms with E-state index in [0.29, 0.717) is 25.1 Å². The number of fused-ring (bicyclic) bond motifs is 2. The lowest BCUT2D eigenvalue weighted by atomic mass is 10.0. The van der Waals surface area contributed by atoms with E-state index in [2.05, 4.69) is 60.1 Å². The molecular weight excluding hydrogens is 446 g/mol. The maximum atomic E-state index is 13.2. The molecule has 6 rings (SSSR count). The van der Waals surface area contributed by atoms with Crippen LogP contribution in [0.4, 0.5) is 0 Å². The number of hydrogen-bond donors (Lipinski definition) is 1. The third-order valence-electron chi connectivity index (χ3n) is 6.79. The van der Waals surface area contributed by atoms with Crippen molar-refractivity contribution in [2.75, 3.05) is 19.8 Å². The minimum Gasteiger partial charge on any atom is -0.486 e. The second-order valence-electron chi connectivity index (χ2n) is 9.12. The first-order valence-corrected chi connectivity index (χ1v) is 12.6. The van der Waals surface area contributed by atoms with E-state index < -0.39 is 0 Å². The highest BCUT2D eigenvalue weighted by molar-refractivity contribution is 7.19. The number of nitrogens with one attached hydrogen (secondary N) is 1. The number of hydrogen-bond acceptors (Lipinski definition) is 6. The highest BCUT2D eigenvalue weighted by Gasteiger charge is 2.28. The number of aryl methyl sites for hydroxylation is 2. The van der Waals surface area contributed by atoms with Gasteiger partial charge in [0, 0.05) is 16.5 Å². The fraction of sp³-hybridized carbons (Fsp3) is 0.333. The van der Waals surface area contributed by atoms with E-state index in [4.69, 9.17) is 14.5 Å². The predicted octanol–water partition coefficient (Wildman–Crippen LogP) is 5.38. The number of ether oxygens (including phenoxy) is 2. The van der Waals surface area contributed by atoms with E-state index in [1.54, 1.807) is 11.3 Å². The summed E-state index contributed by atoms with van der Waals surface area (Å²) in [5.74, 6) is 2.35. The molecule has 174 valence electrons. The lowest BCUT2D eigenvalue weighted by Crippen LogP contribution is -2.26. The summed E-state index contributed by atoms with van der Waals surface area (Å²) >= 11 is 1.60. The molecule has 6 nitrogen and oxygen atoms in total. The molecule has 0 bridgehead atoms. The Balaban J connectivity index is 1.31. The van der Waals surface area contributed by atoms with Crippen molar-refractivity contribution in [3.8, 4) is 22.6 Å². The average Bonchev–Trinajstić information content (AvgIpc) is 3.43. The van der Waals surface area contributed by atoms with Gasteiger partial charge in [0.15, 0.2) is 11.5 Å². The topological polar surface area (TPSA) is 67.5 Å². The van der Waals surface area contributed by atoms with Gasteiger partial charge in [-0.15, -0.1) is 11.3 Å². The van der Waals surface area contributed by atoms with Gasteiger partial charge in [-0.3, -0.25) is 9.69 Å². The number of H-pyrrole nitrogens is 1. The molecular formula is C27H27N3O3S. The first-order valence-electron chi connectivity index (χ1n) is 11.8. The zero-order valence-corrected chi connectivity index (χ0v) is 20.2. The van der Waals surface area contributed by atoms with E-state index in [-0.39, 0.29) is 11.6 Å². The zero-order chi connectivity index (χ0) is 23.2. The van der Waals surface area contributed by atoms with Crippen molar-refractivity contribution in [2.45, 2.75) is 39.3 Å². The van der Waals surface area contributed by atoms with Gasteiger partial charge in [0.05, 0.1) is 11.9 Å². The second kappa shape index (κ2) is 8.56. The van der Waals surface area contributed by atoms with Gasteiger partial charge in [0.1, 0.15) is 23.9 Å². The summed E-state index contributed by atoms with van der Waals surface area (Å²) in [6, 6.07) is 14.8. The largest absolute Gasteiger partial charge is 0.486 e. The number of aromatic amines is 1. The van der Waals surface area contributed by atoms with Gasteiger partial charge < -0.3 is 14.5 Å². The fourth-order valence-corrected chi connectivity index (χ4v) is 6.22. The SMILES string of the molecule is Cc1ccc(-c2c(C)sc3nc(CN4CCCC4c4ccc5c(c4)OCCO5)[nH]c(=O)c23)cc1. The van der Waals surface area contributed by atoms with Crippen LogP contribution in [0.15, 0.2) is 47.3 Å². The lowest BCUT2D eigenvalue weighted by Gasteiger charge is -2.26. The molecule has 2 aromatic carbocycles. The van der Waals surface area contributed by atoms with Crippen LogP contribution in [0.1, 0.15) is 40.7 Å². The minimum atomic E-state index is -0.0602. The summed E-state index contributed by atoms with van der Waals surface area (Å²) < 4.78 is 11.5. The molecule has 7 heteroatoms. The van der Waals surface area contributed by atoms with Crippen LogP contribution in [0, 0.1) is 13.8 Å². The Labute approximate surface area is 202 Å². The van der Waals surface area contributed by atoms with Crippen LogP contribution < -0.4 is 15.0 Å². The van der Waals surface area contributed by atoms with Crippen LogP contribution in [-0.4, -0.2) is 34.6 Å². The van der Waals surface area contributed by atoms with Gasteiger partial charge in [-0.2, -0.15) is 0 Å². The average molecular weight is 474 g/mol. The van der Waals surface area contributed by atoms with Crippen molar-refractivity contribution >= 4 is 21.6 Å². The highest BCUT2D eigenvalue weighted by atomic mass is 32.1. The summed E-state index contributed by atoms with van der Waals surface area (Å²) in [6.45, 7) is 6.90. The minimum absolute atomic E-state index is 0.0602. The Morgan fingerprint density at radius 1 is 1.09 bits per heavy atom. The first kappa shape index (κ1) is 21.4. The molecule has 2 aromatic heterocycles. The van der Waals surface area contributed by atoms with Crippen molar-refractivity contribution in [3.05, 3.63) is 74.6 Å². The number of aromatic nitrogens is 2. The van der Waals surface area contributed by atoms with Gasteiger partial charge in [0.2, 0.25) is 0 Å². The summed E-state index contributed by atoms with van der Waals surface area (Å²) in [7, 11) is 0. The summed E-state index contributed by atoms with van der Waals surface area (Å²) in [5, 5.41) is 0.694. The van der Waals surface area contributed by atoms with Gasteiger partial charge in [-0.05, 0) is 56.5 Å². The number of likely N-dealkylation sites (tertiary alicyclic amines) is 1. The summed E-state index contributed by atoms with van der Waals surface area (Å²) in [4.78, 5) is 25.5. The van der Waals surface area contributed by atoms with Crippen LogP contribution in [0.5, 0.6) is 11.5 Å². The quantitative estimate of drug-likeness (QED) is 0.431. The Morgan fingerprint density at radius 2 is 1.88 bits per heavy atom. The molecule has 0 radical (unpaired) electrons. The van der Waals surface area contributed by atoms with E-state index in [1.807, 2.05) is 6.07 Å². The molecule has 4 heterocycles. The maximum Gasteiger partial charge on any atom is 0.260 e. The van der Waals surface area contributed by atoms with Crippen molar-refractivity contribution in [3.63, 3.8) is 0 Å². The number of benzene rings is 2. The van der Waals surface area contributed by atoms with Crippen molar-refractivity contribution in [1.82, 2.24) is 14.9 Å². The Hall–Kier alpha value is -3.16. The first-order chi connectivity index (χ1) is 16.6. The molecule has 0 spiro atoms. The number of nitrogens with zero attached hydrogens (tertiary/aromatic N) is 2. The van der Waals surface area contributed by atoms with Crippen LogP contribution in [0.2, 0.25) is 0 Å². The van der Waals surface area contributed by atoms with Crippen LogP contribution in [0.3, 0.4) is 0 Å².